The Morgan fingerprint density at radius 2 is 1.98 bits per heavy atom. The maximum absolute atomic E-state index is 14.7. The molecule has 1 spiro atoms. The Labute approximate surface area is 256 Å². The van der Waals surface area contributed by atoms with Crippen LogP contribution in [-0.2, 0) is 9.53 Å². The molecule has 0 radical (unpaired) electrons. The fraction of sp³-hybridized carbons (Fsp3) is 0.400. The number of imidazole rings is 1. The standard InChI is InChI=1S/C30H31ClF3N7O3/c1-2-43-27(42)22-14-29(15-36-22)8-10-41(11-9-29)23-13-24(40-28(35)39-23)44-26(30(32,33)34)19-7-6-17(31)12-20(19)18-4-3-5-21-25(18)38-16-37-21/h3-7,12-13,16,22,26,36H,2,8-11,14-15H2,1H3,(H,37,38)(H2,35,39,40)/t22-,26+/m0/s1. The van der Waals surface area contributed by atoms with Gasteiger partial charge in [0.05, 0.1) is 24.0 Å². The molecular weight excluding hydrogens is 599 g/mol. The van der Waals surface area contributed by atoms with Crippen LogP contribution in [0.1, 0.15) is 37.9 Å². The van der Waals surface area contributed by atoms with E-state index in [-0.39, 0.29) is 45.4 Å². The first-order chi connectivity index (χ1) is 21.0. The SMILES string of the molecule is CCOC(=O)[C@@H]1CC2(CCN(c3cc(O[C@H](c4ccc(Cl)cc4-c4cccc5[nH]cnc45)C(F)(F)F)nc(N)n3)CC2)CN1. The average Bonchev–Trinajstić information content (AvgIpc) is 3.63. The first-order valence-electron chi connectivity index (χ1n) is 14.3. The first kappa shape index (κ1) is 29.9. The molecule has 6 rings (SSSR count). The molecule has 0 aliphatic carbocycles. The fourth-order valence-electron chi connectivity index (χ4n) is 6.17. The van der Waals surface area contributed by atoms with Crippen molar-refractivity contribution < 1.29 is 27.4 Å². The summed E-state index contributed by atoms with van der Waals surface area (Å²) in [5.74, 6) is -0.393. The number of alkyl halides is 3. The van der Waals surface area contributed by atoms with E-state index in [1.165, 1.54) is 30.6 Å². The van der Waals surface area contributed by atoms with Crippen molar-refractivity contribution in [1.82, 2.24) is 25.3 Å². The third kappa shape index (κ3) is 5.98. The molecule has 0 unspecified atom stereocenters. The highest BCUT2D eigenvalue weighted by molar-refractivity contribution is 6.31. The Morgan fingerprint density at radius 1 is 1.18 bits per heavy atom. The molecule has 44 heavy (non-hydrogen) atoms. The number of hydrogen-bond acceptors (Lipinski definition) is 9. The number of benzene rings is 2. The van der Waals surface area contributed by atoms with Gasteiger partial charge in [0.2, 0.25) is 17.9 Å². The van der Waals surface area contributed by atoms with Crippen molar-refractivity contribution in [3.05, 3.63) is 59.4 Å². The topological polar surface area (TPSA) is 131 Å². The largest absolute Gasteiger partial charge is 0.465 e. The van der Waals surface area contributed by atoms with Crippen LogP contribution in [0.3, 0.4) is 0 Å². The summed E-state index contributed by atoms with van der Waals surface area (Å²) < 4.78 is 54.9. The summed E-state index contributed by atoms with van der Waals surface area (Å²) in [5.41, 5.74) is 7.61. The third-order valence-corrected chi connectivity index (χ3v) is 8.59. The van der Waals surface area contributed by atoms with Gasteiger partial charge in [0.1, 0.15) is 11.9 Å². The lowest BCUT2D eigenvalue weighted by molar-refractivity contribution is -0.198. The molecule has 2 saturated heterocycles. The van der Waals surface area contributed by atoms with Crippen molar-refractivity contribution in [1.29, 1.82) is 0 Å². The van der Waals surface area contributed by atoms with Gasteiger partial charge in [-0.05, 0) is 55.4 Å². The van der Waals surface area contributed by atoms with Gasteiger partial charge in [-0.3, -0.25) is 4.79 Å². The monoisotopic (exact) mass is 629 g/mol. The molecule has 10 nitrogen and oxygen atoms in total. The van der Waals surface area contributed by atoms with Gasteiger partial charge < -0.3 is 30.4 Å². The molecule has 2 aliphatic rings. The summed E-state index contributed by atoms with van der Waals surface area (Å²) in [6.45, 7) is 3.94. The van der Waals surface area contributed by atoms with Gasteiger partial charge in [-0.25, -0.2) is 4.98 Å². The molecule has 0 bridgehead atoms. The van der Waals surface area contributed by atoms with E-state index in [0.717, 1.165) is 12.8 Å². The number of H-pyrrole nitrogens is 1. The number of ether oxygens (including phenoxy) is 2. The number of carbonyl (C=O) groups excluding carboxylic acids is 1. The Morgan fingerprint density at radius 3 is 2.73 bits per heavy atom. The van der Waals surface area contributed by atoms with Crippen molar-refractivity contribution >= 4 is 40.4 Å². The van der Waals surface area contributed by atoms with E-state index in [2.05, 4.69) is 25.3 Å². The predicted octanol–water partition coefficient (Wildman–Crippen LogP) is 5.45. The smallest absolute Gasteiger partial charge is 0.429 e. The molecule has 2 fully saturated rings. The van der Waals surface area contributed by atoms with Gasteiger partial charge in [0.15, 0.2) is 0 Å². The molecule has 232 valence electrons. The number of nitrogens with one attached hydrogen (secondary N) is 2. The van der Waals surface area contributed by atoms with Crippen LogP contribution in [0.4, 0.5) is 24.9 Å². The lowest BCUT2D eigenvalue weighted by Crippen LogP contribution is -2.41. The second kappa shape index (κ2) is 11.8. The number of piperidine rings is 1. The highest BCUT2D eigenvalue weighted by Crippen LogP contribution is 2.44. The molecule has 2 aromatic heterocycles. The zero-order chi connectivity index (χ0) is 31.1. The number of nitrogens with two attached hydrogens (primary N) is 1. The van der Waals surface area contributed by atoms with Gasteiger partial charge >= 0.3 is 12.1 Å². The summed E-state index contributed by atoms with van der Waals surface area (Å²) in [4.78, 5) is 29.8. The number of halogens is 4. The molecule has 4 heterocycles. The zero-order valence-electron chi connectivity index (χ0n) is 23.8. The maximum Gasteiger partial charge on any atom is 0.429 e. The Hall–Kier alpha value is -4.10. The number of nitrogen functional groups attached to an aromatic ring is 1. The van der Waals surface area contributed by atoms with Crippen molar-refractivity contribution in [3.8, 4) is 17.0 Å². The average molecular weight is 630 g/mol. The minimum Gasteiger partial charge on any atom is -0.465 e. The molecule has 2 atom stereocenters. The van der Waals surface area contributed by atoms with E-state index in [1.807, 2.05) is 4.90 Å². The number of para-hydroxylation sites is 1. The number of hydrogen-bond donors (Lipinski definition) is 3. The van der Waals surface area contributed by atoms with Gasteiger partial charge in [0.25, 0.3) is 0 Å². The van der Waals surface area contributed by atoms with Crippen molar-refractivity contribution in [2.24, 2.45) is 5.41 Å². The van der Waals surface area contributed by atoms with E-state index in [9.17, 15) is 18.0 Å². The Balaban J connectivity index is 1.26. The zero-order valence-corrected chi connectivity index (χ0v) is 24.6. The predicted molar refractivity (Wildman–Crippen MR) is 159 cm³/mol. The van der Waals surface area contributed by atoms with Crippen LogP contribution < -0.4 is 20.7 Å². The third-order valence-electron chi connectivity index (χ3n) is 8.36. The molecule has 14 heteroatoms. The van der Waals surface area contributed by atoms with Crippen molar-refractivity contribution in [3.63, 3.8) is 0 Å². The van der Waals surface area contributed by atoms with Crippen LogP contribution in [0.2, 0.25) is 5.02 Å². The van der Waals surface area contributed by atoms with Gasteiger partial charge in [-0.2, -0.15) is 23.1 Å². The van der Waals surface area contributed by atoms with Crippen LogP contribution >= 0.6 is 11.6 Å². The second-order valence-electron chi connectivity index (χ2n) is 11.2. The van der Waals surface area contributed by atoms with Gasteiger partial charge in [-0.15, -0.1) is 0 Å². The van der Waals surface area contributed by atoms with Crippen LogP contribution in [0.5, 0.6) is 5.88 Å². The highest BCUT2D eigenvalue weighted by atomic mass is 35.5. The van der Waals surface area contributed by atoms with Crippen LogP contribution in [0.15, 0.2) is 48.8 Å². The number of esters is 1. The number of carbonyl (C=O) groups is 1. The number of anilines is 2. The van der Waals surface area contributed by atoms with E-state index in [1.54, 1.807) is 25.1 Å². The minimum absolute atomic E-state index is 0.0740. The van der Waals surface area contributed by atoms with E-state index >= 15 is 0 Å². The van der Waals surface area contributed by atoms with Crippen LogP contribution in [0, 0.1) is 5.41 Å². The molecule has 2 aliphatic heterocycles. The first-order valence-corrected chi connectivity index (χ1v) is 14.7. The Bertz CT molecular complexity index is 1670. The lowest BCUT2D eigenvalue weighted by atomic mass is 9.76. The number of nitrogens with zero attached hydrogens (tertiary/aromatic N) is 4. The molecular formula is C30H31ClF3N7O3. The summed E-state index contributed by atoms with van der Waals surface area (Å²) in [6.07, 6.45) is -3.54. The van der Waals surface area contributed by atoms with Crippen LogP contribution in [0.25, 0.3) is 22.2 Å². The summed E-state index contributed by atoms with van der Waals surface area (Å²) in [5, 5.41) is 3.54. The molecule has 2 aromatic carbocycles. The van der Waals surface area contributed by atoms with Crippen LogP contribution in [-0.4, -0.2) is 64.4 Å². The lowest BCUT2D eigenvalue weighted by Gasteiger charge is -2.39. The van der Waals surface area contributed by atoms with E-state index < -0.39 is 12.3 Å². The van der Waals surface area contributed by atoms with Gasteiger partial charge in [0, 0.05) is 41.9 Å². The quantitative estimate of drug-likeness (QED) is 0.228. The summed E-state index contributed by atoms with van der Waals surface area (Å²) >= 11 is 6.26. The molecule has 4 N–H and O–H groups in total. The number of aromatic amines is 1. The fourth-order valence-corrected chi connectivity index (χ4v) is 6.34. The summed E-state index contributed by atoms with van der Waals surface area (Å²) in [7, 11) is 0. The number of aromatic nitrogens is 4. The van der Waals surface area contributed by atoms with E-state index in [4.69, 9.17) is 26.8 Å². The minimum atomic E-state index is -4.82. The van der Waals surface area contributed by atoms with Crippen molar-refractivity contribution in [2.75, 3.05) is 36.9 Å². The number of rotatable bonds is 7. The van der Waals surface area contributed by atoms with E-state index in [0.29, 0.717) is 55.1 Å². The summed E-state index contributed by atoms with van der Waals surface area (Å²) in [6, 6.07) is 10.4. The second-order valence-corrected chi connectivity index (χ2v) is 11.6. The molecule has 0 amide bonds. The normalized spacial score (nSPS) is 18.9. The van der Waals surface area contributed by atoms with Gasteiger partial charge in [-0.1, -0.05) is 29.8 Å². The highest BCUT2D eigenvalue weighted by Gasteiger charge is 2.46. The maximum atomic E-state index is 14.7. The Kier molecular flexibility index (Phi) is 8.01. The molecule has 4 aromatic rings. The molecule has 0 saturated carbocycles. The number of fused-ring (bicyclic) bond motifs is 1. The van der Waals surface area contributed by atoms with Crippen molar-refractivity contribution in [2.45, 2.75) is 44.5 Å².